The third-order valence-electron chi connectivity index (χ3n) is 14.1. The number of benzene rings is 9. The third-order valence-corrected chi connectivity index (χ3v) is 14.1. The van der Waals surface area contributed by atoms with Crippen molar-refractivity contribution in [2.45, 2.75) is 0 Å². The molecule has 10 aromatic rings. The van der Waals surface area contributed by atoms with E-state index in [1.54, 1.807) is 0 Å². The van der Waals surface area contributed by atoms with Crippen molar-refractivity contribution in [2.75, 3.05) is 0 Å². The van der Waals surface area contributed by atoms with Gasteiger partial charge in [-0.2, -0.15) is 0 Å². The Bertz CT molecular complexity index is 3830. The molecule has 0 N–H and O–H groups in total. The highest BCUT2D eigenvalue weighted by Gasteiger charge is 2.49. The number of allylic oxidation sites excluding steroid dienone is 10. The summed E-state index contributed by atoms with van der Waals surface area (Å²) in [4.78, 5) is 0. The molecule has 1 aromatic heterocycles. The SMILES string of the molecule is C1=CC2(C3=Cc4ccccc4C3=C1)C1=Cc3ccccc3C1=CC=C2c1ccc2cc3ccccc3cc2c1-c1ccccc1-c1coc2c1ccc1c3ccccc3ccc12. The van der Waals surface area contributed by atoms with Crippen LogP contribution >= 0.6 is 0 Å². The summed E-state index contributed by atoms with van der Waals surface area (Å²) in [6.45, 7) is 0. The van der Waals surface area contributed by atoms with Crippen molar-refractivity contribution in [3.8, 4) is 22.3 Å². The van der Waals surface area contributed by atoms with Crippen molar-refractivity contribution in [1.29, 1.82) is 0 Å². The van der Waals surface area contributed by atoms with E-state index in [9.17, 15) is 0 Å². The van der Waals surface area contributed by atoms with Crippen LogP contribution in [0.15, 0.2) is 222 Å². The number of furan rings is 1. The Morgan fingerprint density at radius 2 is 0.968 bits per heavy atom. The van der Waals surface area contributed by atoms with Gasteiger partial charge in [-0.1, -0.05) is 176 Å². The second kappa shape index (κ2) is 12.5. The Balaban J connectivity index is 1.06. The van der Waals surface area contributed by atoms with E-state index in [4.69, 9.17) is 4.42 Å². The predicted octanol–water partition coefficient (Wildman–Crippen LogP) is 16.3. The van der Waals surface area contributed by atoms with Gasteiger partial charge < -0.3 is 4.42 Å². The average Bonchev–Trinajstić information content (AvgIpc) is 4.06. The minimum atomic E-state index is -0.551. The summed E-state index contributed by atoms with van der Waals surface area (Å²) in [6.07, 6.45) is 18.8. The highest BCUT2D eigenvalue weighted by atomic mass is 16.3. The highest BCUT2D eigenvalue weighted by Crippen LogP contribution is 2.64. The molecular weight excluding hydrogens is 749 g/mol. The molecule has 62 heavy (non-hydrogen) atoms. The van der Waals surface area contributed by atoms with Crippen LogP contribution in [0.2, 0.25) is 0 Å². The lowest BCUT2D eigenvalue weighted by molar-refractivity contribution is 0.620. The lowest BCUT2D eigenvalue weighted by atomic mass is 9.59. The molecule has 0 aliphatic heterocycles. The van der Waals surface area contributed by atoms with E-state index >= 15 is 0 Å². The van der Waals surface area contributed by atoms with Crippen molar-refractivity contribution in [2.24, 2.45) is 5.41 Å². The van der Waals surface area contributed by atoms with E-state index in [1.807, 2.05) is 6.26 Å². The molecule has 0 radical (unpaired) electrons. The maximum atomic E-state index is 6.65. The Labute approximate surface area is 358 Å². The molecule has 0 fully saturated rings. The average molecular weight is 785 g/mol. The Kier molecular flexibility index (Phi) is 6.82. The second-order valence-corrected chi connectivity index (χ2v) is 17.1. The van der Waals surface area contributed by atoms with Crippen molar-refractivity contribution in [1.82, 2.24) is 0 Å². The number of hydrogen-bond acceptors (Lipinski definition) is 1. The van der Waals surface area contributed by atoms with Gasteiger partial charge in [-0.05, 0) is 146 Å². The van der Waals surface area contributed by atoms with Crippen LogP contribution < -0.4 is 0 Å². The molecular formula is C61H36O. The van der Waals surface area contributed by atoms with Gasteiger partial charge in [-0.15, -0.1) is 0 Å². The first-order chi connectivity index (χ1) is 30.7. The fourth-order valence-electron chi connectivity index (χ4n) is 11.4. The van der Waals surface area contributed by atoms with Crippen LogP contribution in [0.3, 0.4) is 0 Å². The van der Waals surface area contributed by atoms with E-state index < -0.39 is 5.41 Å². The maximum Gasteiger partial charge on any atom is 0.142 e. The molecule has 1 atom stereocenters. The van der Waals surface area contributed by atoms with Gasteiger partial charge in [0.15, 0.2) is 0 Å². The maximum absolute atomic E-state index is 6.65. The summed E-state index contributed by atoms with van der Waals surface area (Å²) >= 11 is 0. The molecule has 14 rings (SSSR count). The first-order valence-electron chi connectivity index (χ1n) is 21.6. The van der Waals surface area contributed by atoms with Gasteiger partial charge >= 0.3 is 0 Å². The van der Waals surface area contributed by atoms with Crippen LogP contribution in [-0.2, 0) is 0 Å². The summed E-state index contributed by atoms with van der Waals surface area (Å²) in [5.41, 5.74) is 17.9. The fourth-order valence-corrected chi connectivity index (χ4v) is 11.4. The van der Waals surface area contributed by atoms with Gasteiger partial charge in [0.1, 0.15) is 5.58 Å². The molecule has 1 heterocycles. The summed E-state index contributed by atoms with van der Waals surface area (Å²) in [7, 11) is 0. The zero-order valence-electron chi connectivity index (χ0n) is 33.7. The third kappa shape index (κ3) is 4.52. The van der Waals surface area contributed by atoms with Crippen molar-refractivity contribution in [3.05, 3.63) is 245 Å². The van der Waals surface area contributed by atoms with E-state index in [1.165, 1.54) is 105 Å². The van der Waals surface area contributed by atoms with Crippen LogP contribution in [0.1, 0.15) is 27.8 Å². The van der Waals surface area contributed by atoms with Gasteiger partial charge in [0.25, 0.3) is 0 Å². The van der Waals surface area contributed by atoms with Crippen molar-refractivity contribution < 1.29 is 4.42 Å². The number of rotatable bonds is 3. The quantitative estimate of drug-likeness (QED) is 0.128. The Morgan fingerprint density at radius 3 is 1.76 bits per heavy atom. The van der Waals surface area contributed by atoms with Gasteiger partial charge in [0.05, 0.1) is 11.7 Å². The molecule has 0 bridgehead atoms. The molecule has 4 aliphatic carbocycles. The minimum absolute atomic E-state index is 0.551. The van der Waals surface area contributed by atoms with E-state index in [0.717, 1.165) is 27.5 Å². The normalized spacial score (nSPS) is 17.2. The minimum Gasteiger partial charge on any atom is -0.463 e. The fraction of sp³-hybridized carbons (Fsp3) is 0.0164. The summed E-state index contributed by atoms with van der Waals surface area (Å²) in [5, 5.41) is 10.8. The lowest BCUT2D eigenvalue weighted by Crippen LogP contribution is -2.29. The summed E-state index contributed by atoms with van der Waals surface area (Å²) in [5.74, 6) is 0. The largest absolute Gasteiger partial charge is 0.463 e. The molecule has 9 aromatic carbocycles. The van der Waals surface area contributed by atoms with Crippen LogP contribution in [0.4, 0.5) is 0 Å². The van der Waals surface area contributed by atoms with Crippen molar-refractivity contribution >= 4 is 82.9 Å². The molecule has 0 saturated carbocycles. The van der Waals surface area contributed by atoms with Crippen molar-refractivity contribution in [3.63, 3.8) is 0 Å². The van der Waals surface area contributed by atoms with Gasteiger partial charge in [0, 0.05) is 16.3 Å². The van der Waals surface area contributed by atoms with Crippen LogP contribution in [0.5, 0.6) is 0 Å². The van der Waals surface area contributed by atoms with Crippen LogP contribution in [-0.4, -0.2) is 0 Å². The second-order valence-electron chi connectivity index (χ2n) is 17.1. The van der Waals surface area contributed by atoms with E-state index in [0.29, 0.717) is 0 Å². The molecule has 1 spiro atoms. The predicted molar refractivity (Wildman–Crippen MR) is 261 cm³/mol. The molecule has 0 amide bonds. The standard InChI is InChI=1S/C61H36O/c1-2-14-39-33-54-42(32-38(39)13-1)24-26-53(59(54)50-21-10-9-20-46(50)55-36-62-60-51-25-23-37-12-3-6-17-43(37)47(51)27-28-52(55)60)56-30-29-49-45-19-8-5-16-41(45)35-58(49)61(56)31-11-22-48-44-18-7-4-15-40(44)34-57(48)61/h1-36H. The van der Waals surface area contributed by atoms with Gasteiger partial charge in [-0.25, -0.2) is 0 Å². The smallest absolute Gasteiger partial charge is 0.142 e. The Hall–Kier alpha value is -8.00. The van der Waals surface area contributed by atoms with E-state index in [-0.39, 0.29) is 0 Å². The zero-order chi connectivity index (χ0) is 40.5. The first-order valence-corrected chi connectivity index (χ1v) is 21.6. The van der Waals surface area contributed by atoms with Gasteiger partial charge in [0.2, 0.25) is 0 Å². The molecule has 1 unspecified atom stereocenters. The molecule has 0 saturated heterocycles. The molecule has 4 aliphatic rings. The van der Waals surface area contributed by atoms with Crippen LogP contribution in [0, 0.1) is 5.41 Å². The number of hydrogen-bond donors (Lipinski definition) is 0. The lowest BCUT2D eigenvalue weighted by Gasteiger charge is -2.42. The molecule has 1 nitrogen and oxygen atoms in total. The monoisotopic (exact) mass is 784 g/mol. The van der Waals surface area contributed by atoms with Gasteiger partial charge in [-0.3, -0.25) is 0 Å². The first kappa shape index (κ1) is 33.8. The topological polar surface area (TPSA) is 13.1 Å². The Morgan fingerprint density at radius 1 is 0.355 bits per heavy atom. The number of fused-ring (bicyclic) bond motifs is 15. The summed E-state index contributed by atoms with van der Waals surface area (Å²) in [6, 6.07) is 62.6. The zero-order valence-corrected chi connectivity index (χ0v) is 33.7. The highest BCUT2D eigenvalue weighted by molar-refractivity contribution is 6.20. The molecule has 1 heteroatoms. The van der Waals surface area contributed by atoms with Crippen LogP contribution in [0.25, 0.3) is 105 Å². The van der Waals surface area contributed by atoms with E-state index in [2.05, 4.69) is 212 Å². The summed E-state index contributed by atoms with van der Waals surface area (Å²) < 4.78 is 6.65. The molecule has 286 valence electrons.